The Kier molecular flexibility index (Phi) is 7.24. The van der Waals surface area contributed by atoms with Gasteiger partial charge in [0.05, 0.1) is 23.5 Å². The number of alkyl halides is 6. The monoisotopic (exact) mass is 490 g/mol. The summed E-state index contributed by atoms with van der Waals surface area (Å²) < 4.78 is 81.7. The van der Waals surface area contributed by atoms with Crippen LogP contribution in [0.3, 0.4) is 0 Å². The molecule has 2 heterocycles. The molecule has 1 saturated carbocycles. The molecule has 186 valence electrons. The zero-order valence-corrected chi connectivity index (χ0v) is 18.2. The van der Waals surface area contributed by atoms with Gasteiger partial charge in [0.25, 0.3) is 5.56 Å². The van der Waals surface area contributed by atoms with Crippen LogP contribution >= 0.6 is 0 Å². The summed E-state index contributed by atoms with van der Waals surface area (Å²) in [5, 5.41) is 4.18. The van der Waals surface area contributed by atoms with E-state index in [4.69, 9.17) is 11.6 Å². The number of pyridine rings is 1. The van der Waals surface area contributed by atoms with Crippen LogP contribution in [0.4, 0.5) is 26.3 Å². The van der Waals surface area contributed by atoms with Crippen LogP contribution in [0, 0.1) is 0 Å². The van der Waals surface area contributed by atoms with E-state index in [2.05, 4.69) is 10.1 Å². The molecule has 2 aromatic heterocycles. The Bertz CT molecular complexity index is 1120. The molecule has 0 saturated heterocycles. The molecule has 0 bridgehead atoms. The van der Waals surface area contributed by atoms with Gasteiger partial charge >= 0.3 is 12.4 Å². The van der Waals surface area contributed by atoms with E-state index in [1.807, 2.05) is 0 Å². The smallest absolute Gasteiger partial charge is 0.395 e. The van der Waals surface area contributed by atoms with Crippen LogP contribution in [-0.2, 0) is 12.7 Å². The lowest BCUT2D eigenvalue weighted by Gasteiger charge is -2.24. The lowest BCUT2D eigenvalue weighted by Crippen LogP contribution is -2.37. The van der Waals surface area contributed by atoms with Crippen molar-refractivity contribution in [1.29, 1.82) is 0 Å². The summed E-state index contributed by atoms with van der Waals surface area (Å²) in [5.41, 5.74) is 1.04. The Balaban J connectivity index is 2.22. The Morgan fingerprint density at radius 3 is 2.38 bits per heavy atom. The third-order valence-electron chi connectivity index (χ3n) is 5.69. The molecule has 0 radical (unpaired) electrons. The van der Waals surface area contributed by atoms with E-state index >= 15 is 0 Å². The third kappa shape index (κ3) is 5.51. The van der Waals surface area contributed by atoms with Crippen LogP contribution in [0.15, 0.2) is 34.9 Å². The van der Waals surface area contributed by atoms with Crippen molar-refractivity contribution in [3.8, 4) is 0 Å². The lowest BCUT2D eigenvalue weighted by atomic mass is 9.84. The van der Waals surface area contributed by atoms with Crippen molar-refractivity contribution in [3.05, 3.63) is 63.0 Å². The number of nitrogens with two attached hydrogens (primary N) is 2. The first-order valence-corrected chi connectivity index (χ1v) is 10.5. The first-order chi connectivity index (χ1) is 15.8. The van der Waals surface area contributed by atoms with Crippen molar-refractivity contribution in [3.63, 3.8) is 0 Å². The molecule has 0 amide bonds. The Hall–Kier alpha value is -3.09. The number of nitrogens with zero attached hydrogens (tertiary/aromatic N) is 4. The molecule has 1 aliphatic rings. The molecule has 34 heavy (non-hydrogen) atoms. The standard InChI is InChI=1S/C21H24F6N6O/c1-32(29)18(21(25,26)27)17(28)15-10-13(12-6-3-2-4-7-12)19(34)33(31-15)11-16-14(20(22,23)24)8-5-9-30-16/h5,8-10,12H,2-4,6-7,11,28-29H2,1H3/b18-17-. The van der Waals surface area contributed by atoms with E-state index in [1.54, 1.807) is 0 Å². The van der Waals surface area contributed by atoms with E-state index in [0.29, 0.717) is 17.5 Å². The molecule has 4 N–H and O–H groups in total. The van der Waals surface area contributed by atoms with Gasteiger partial charge in [0.2, 0.25) is 0 Å². The second-order valence-electron chi connectivity index (χ2n) is 8.15. The predicted octanol–water partition coefficient (Wildman–Crippen LogP) is 3.75. The van der Waals surface area contributed by atoms with Crippen molar-refractivity contribution in [2.45, 2.75) is 56.9 Å². The summed E-state index contributed by atoms with van der Waals surface area (Å²) >= 11 is 0. The summed E-state index contributed by atoms with van der Waals surface area (Å²) in [6.45, 7) is -0.699. The molecule has 1 aliphatic carbocycles. The second kappa shape index (κ2) is 9.65. The maximum absolute atomic E-state index is 13.6. The number of hydrogen-bond donors (Lipinski definition) is 2. The molecule has 0 spiro atoms. The summed E-state index contributed by atoms with van der Waals surface area (Å²) in [7, 11) is 0.942. The molecule has 0 aromatic carbocycles. The molecular weight excluding hydrogens is 466 g/mol. The van der Waals surface area contributed by atoms with E-state index in [9.17, 15) is 31.1 Å². The van der Waals surface area contributed by atoms with Crippen molar-refractivity contribution in [2.24, 2.45) is 11.6 Å². The minimum absolute atomic E-state index is 0.151. The SMILES string of the molecule is CN(N)/C(=C(\N)c1cc(C2CCCCC2)c(=O)n(Cc2ncccc2C(F)(F)F)n1)C(F)(F)F. The van der Waals surface area contributed by atoms with Crippen molar-refractivity contribution in [1.82, 2.24) is 19.8 Å². The highest BCUT2D eigenvalue weighted by molar-refractivity contribution is 5.63. The normalized spacial score (nSPS) is 16.4. The van der Waals surface area contributed by atoms with Gasteiger partial charge < -0.3 is 10.7 Å². The van der Waals surface area contributed by atoms with Gasteiger partial charge in [-0.25, -0.2) is 10.5 Å². The van der Waals surface area contributed by atoms with Gasteiger partial charge in [0.1, 0.15) is 5.69 Å². The summed E-state index contributed by atoms with van der Waals surface area (Å²) in [6.07, 6.45) is -4.76. The van der Waals surface area contributed by atoms with Crippen molar-refractivity contribution < 1.29 is 26.3 Å². The zero-order valence-electron chi connectivity index (χ0n) is 18.2. The van der Waals surface area contributed by atoms with Gasteiger partial charge in [0, 0.05) is 18.8 Å². The minimum Gasteiger partial charge on any atom is -0.395 e. The van der Waals surface area contributed by atoms with Crippen LogP contribution in [0.5, 0.6) is 0 Å². The molecule has 0 aliphatic heterocycles. The summed E-state index contributed by atoms with van der Waals surface area (Å²) in [6, 6.07) is 3.08. The largest absolute Gasteiger partial charge is 0.434 e. The fraction of sp³-hybridized carbons (Fsp3) is 0.476. The molecule has 0 unspecified atom stereocenters. The van der Waals surface area contributed by atoms with Crippen LogP contribution < -0.4 is 17.1 Å². The van der Waals surface area contributed by atoms with E-state index in [-0.39, 0.29) is 16.5 Å². The van der Waals surface area contributed by atoms with Crippen molar-refractivity contribution >= 4 is 5.70 Å². The molecule has 13 heteroatoms. The lowest BCUT2D eigenvalue weighted by molar-refractivity contribution is -0.138. The second-order valence-corrected chi connectivity index (χ2v) is 8.15. The fourth-order valence-electron chi connectivity index (χ4n) is 4.14. The summed E-state index contributed by atoms with van der Waals surface area (Å²) in [5.74, 6) is 5.07. The van der Waals surface area contributed by atoms with Crippen LogP contribution in [-0.4, -0.2) is 33.0 Å². The quantitative estimate of drug-likeness (QED) is 0.376. The number of aromatic nitrogens is 3. The molecule has 2 aromatic rings. The predicted molar refractivity (Wildman–Crippen MR) is 112 cm³/mol. The highest BCUT2D eigenvalue weighted by Gasteiger charge is 2.39. The maximum Gasteiger partial charge on any atom is 0.434 e. The van der Waals surface area contributed by atoms with Gasteiger partial charge in [-0.1, -0.05) is 19.3 Å². The van der Waals surface area contributed by atoms with Gasteiger partial charge in [-0.2, -0.15) is 31.4 Å². The van der Waals surface area contributed by atoms with E-state index in [1.165, 1.54) is 6.07 Å². The Labute approximate surface area is 191 Å². The van der Waals surface area contributed by atoms with E-state index in [0.717, 1.165) is 44.6 Å². The van der Waals surface area contributed by atoms with E-state index < -0.39 is 52.8 Å². The number of hydrazine groups is 1. The first-order valence-electron chi connectivity index (χ1n) is 10.5. The minimum atomic E-state index is -4.94. The van der Waals surface area contributed by atoms with Crippen LogP contribution in [0.2, 0.25) is 0 Å². The molecular formula is C21H24F6N6O. The van der Waals surface area contributed by atoms with Crippen LogP contribution in [0.25, 0.3) is 5.70 Å². The average molecular weight is 490 g/mol. The van der Waals surface area contributed by atoms with Gasteiger partial charge in [-0.15, -0.1) is 0 Å². The molecule has 3 rings (SSSR count). The Morgan fingerprint density at radius 2 is 1.82 bits per heavy atom. The molecule has 7 nitrogen and oxygen atoms in total. The van der Waals surface area contributed by atoms with Gasteiger partial charge in [-0.05, 0) is 37.0 Å². The van der Waals surface area contributed by atoms with Crippen LogP contribution in [0.1, 0.15) is 60.5 Å². The first kappa shape index (κ1) is 25.5. The summed E-state index contributed by atoms with van der Waals surface area (Å²) in [4.78, 5) is 16.9. The molecule has 0 atom stereocenters. The van der Waals surface area contributed by atoms with Gasteiger partial charge in [-0.3, -0.25) is 9.78 Å². The highest BCUT2D eigenvalue weighted by Crippen LogP contribution is 2.34. The van der Waals surface area contributed by atoms with Crippen molar-refractivity contribution in [2.75, 3.05) is 7.05 Å². The highest BCUT2D eigenvalue weighted by atomic mass is 19.4. The zero-order chi connectivity index (χ0) is 25.3. The third-order valence-corrected chi connectivity index (χ3v) is 5.69. The number of rotatable bonds is 5. The number of halogens is 6. The fourth-order valence-corrected chi connectivity index (χ4v) is 4.14. The number of allylic oxidation sites excluding steroid dienone is 1. The molecule has 1 fully saturated rings. The van der Waals surface area contributed by atoms with Gasteiger partial charge in [0.15, 0.2) is 5.70 Å². The Morgan fingerprint density at radius 1 is 1.18 bits per heavy atom. The number of hydrogen-bond acceptors (Lipinski definition) is 6. The maximum atomic E-state index is 13.6. The average Bonchev–Trinajstić information content (AvgIpc) is 2.74. The topological polar surface area (TPSA) is 103 Å².